The molecule has 3 aromatic rings. The van der Waals surface area contributed by atoms with Crippen LogP contribution in [-0.2, 0) is 19.9 Å². The highest BCUT2D eigenvalue weighted by Crippen LogP contribution is 2.34. The topological polar surface area (TPSA) is 182 Å². The number of rotatable bonds is 7. The van der Waals surface area contributed by atoms with Crippen molar-refractivity contribution in [3.8, 4) is 0 Å². The van der Waals surface area contributed by atoms with Gasteiger partial charge in [0, 0.05) is 29.1 Å². The van der Waals surface area contributed by atoms with E-state index in [2.05, 4.69) is 10.3 Å². The standard InChI is InChI=1S/C20H22N4O7S2/c1-11-6-12(2)8-15(7-11)33(30,31)19-16-9-14(24(26)27)4-5-17(16)23-18(19)20(25)22-13(3)10-32(21,28)29/h4-9,13,23H,10H2,1-3H3,(H,22,25)(H2,21,28,29). The Morgan fingerprint density at radius 1 is 1.12 bits per heavy atom. The molecule has 4 N–H and O–H groups in total. The highest BCUT2D eigenvalue weighted by molar-refractivity contribution is 7.91. The molecule has 1 amide bonds. The van der Waals surface area contributed by atoms with Crippen LogP contribution in [0.1, 0.15) is 28.5 Å². The van der Waals surface area contributed by atoms with Crippen molar-refractivity contribution in [2.24, 2.45) is 5.14 Å². The molecule has 0 saturated heterocycles. The van der Waals surface area contributed by atoms with Gasteiger partial charge >= 0.3 is 0 Å². The van der Waals surface area contributed by atoms with Gasteiger partial charge in [-0.1, -0.05) is 6.07 Å². The van der Waals surface area contributed by atoms with Gasteiger partial charge in [0.15, 0.2) is 0 Å². The SMILES string of the molecule is Cc1cc(C)cc(S(=O)(=O)c2c(C(=O)NC(C)CS(N)(=O)=O)[nH]c3ccc([N+](=O)[O-])cc23)c1. The van der Waals surface area contributed by atoms with Crippen LogP contribution in [0.25, 0.3) is 10.9 Å². The molecule has 1 heterocycles. The second kappa shape index (κ2) is 8.57. The predicted octanol–water partition coefficient (Wildman–Crippen LogP) is 1.93. The quantitative estimate of drug-likeness (QED) is 0.331. The van der Waals surface area contributed by atoms with Gasteiger partial charge < -0.3 is 10.3 Å². The third-order valence-corrected chi connectivity index (χ3v) is 7.59. The van der Waals surface area contributed by atoms with Crippen LogP contribution in [0.4, 0.5) is 5.69 Å². The molecule has 0 saturated carbocycles. The molecule has 2 aromatic carbocycles. The van der Waals surface area contributed by atoms with E-state index in [0.717, 1.165) is 6.07 Å². The van der Waals surface area contributed by atoms with Crippen molar-refractivity contribution >= 4 is 42.4 Å². The molecule has 0 aliphatic heterocycles. The summed E-state index contributed by atoms with van der Waals surface area (Å²) in [6.07, 6.45) is 0. The van der Waals surface area contributed by atoms with Gasteiger partial charge in [-0.15, -0.1) is 0 Å². The molecule has 0 bridgehead atoms. The number of fused-ring (bicyclic) bond motifs is 1. The zero-order valence-corrected chi connectivity index (χ0v) is 19.6. The summed E-state index contributed by atoms with van der Waals surface area (Å²) >= 11 is 0. The van der Waals surface area contributed by atoms with E-state index in [1.807, 2.05) is 0 Å². The molecule has 0 aliphatic carbocycles. The minimum Gasteiger partial charge on any atom is -0.349 e. The van der Waals surface area contributed by atoms with Crippen LogP contribution < -0.4 is 10.5 Å². The molecular weight excluding hydrogens is 472 g/mol. The van der Waals surface area contributed by atoms with Gasteiger partial charge in [0.25, 0.3) is 11.6 Å². The number of primary sulfonamides is 1. The number of non-ortho nitro benzene ring substituents is 1. The lowest BCUT2D eigenvalue weighted by Gasteiger charge is -2.13. The number of sulfone groups is 1. The first kappa shape index (κ1) is 24.4. The van der Waals surface area contributed by atoms with Gasteiger partial charge in [-0.05, 0) is 50.1 Å². The van der Waals surface area contributed by atoms with Crippen LogP contribution in [-0.4, -0.2) is 44.4 Å². The molecule has 0 aliphatic rings. The number of H-pyrrole nitrogens is 1. The third kappa shape index (κ3) is 5.21. The number of aromatic amines is 1. The summed E-state index contributed by atoms with van der Waals surface area (Å²) in [7, 11) is -8.21. The number of sulfonamides is 1. The summed E-state index contributed by atoms with van der Waals surface area (Å²) in [5.74, 6) is -1.46. The average molecular weight is 495 g/mol. The minimum absolute atomic E-state index is 0.0346. The Labute approximate surface area is 190 Å². The first-order valence-electron chi connectivity index (χ1n) is 9.64. The van der Waals surface area contributed by atoms with E-state index in [0.29, 0.717) is 11.1 Å². The second-order valence-corrected chi connectivity index (χ2v) is 11.4. The number of aromatic nitrogens is 1. The normalized spacial score (nSPS) is 13.1. The van der Waals surface area contributed by atoms with Gasteiger partial charge in [-0.25, -0.2) is 22.0 Å². The van der Waals surface area contributed by atoms with Crippen molar-refractivity contribution in [1.82, 2.24) is 10.3 Å². The van der Waals surface area contributed by atoms with Crippen molar-refractivity contribution < 1.29 is 26.6 Å². The number of carbonyl (C=O) groups is 1. The number of hydrogen-bond acceptors (Lipinski definition) is 7. The summed E-state index contributed by atoms with van der Waals surface area (Å²) in [6.45, 7) is 4.83. The second-order valence-electron chi connectivity index (χ2n) is 7.85. The van der Waals surface area contributed by atoms with Crippen LogP contribution in [0.5, 0.6) is 0 Å². The monoisotopic (exact) mass is 494 g/mol. The number of hydrogen-bond donors (Lipinski definition) is 3. The lowest BCUT2D eigenvalue weighted by molar-refractivity contribution is -0.384. The van der Waals surface area contributed by atoms with E-state index in [1.54, 1.807) is 19.9 Å². The lowest BCUT2D eigenvalue weighted by atomic mass is 10.2. The molecule has 176 valence electrons. The number of carbonyl (C=O) groups excluding carboxylic acids is 1. The Bertz CT molecular complexity index is 1470. The van der Waals surface area contributed by atoms with Crippen LogP contribution >= 0.6 is 0 Å². The Balaban J connectivity index is 2.25. The first-order valence-corrected chi connectivity index (χ1v) is 12.8. The molecule has 1 atom stereocenters. The fourth-order valence-corrected chi connectivity index (χ4v) is 6.17. The number of amides is 1. The lowest BCUT2D eigenvalue weighted by Crippen LogP contribution is -2.39. The van der Waals surface area contributed by atoms with Crippen molar-refractivity contribution in [3.05, 3.63) is 63.3 Å². The minimum atomic E-state index is -4.31. The predicted molar refractivity (Wildman–Crippen MR) is 121 cm³/mol. The van der Waals surface area contributed by atoms with Crippen LogP contribution in [0.3, 0.4) is 0 Å². The number of nitro groups is 1. The number of nitrogens with zero attached hydrogens (tertiary/aromatic N) is 1. The molecule has 11 nitrogen and oxygen atoms in total. The van der Waals surface area contributed by atoms with E-state index in [9.17, 15) is 31.7 Å². The van der Waals surface area contributed by atoms with Crippen LogP contribution in [0.15, 0.2) is 46.2 Å². The van der Waals surface area contributed by atoms with Gasteiger partial charge in [-0.3, -0.25) is 14.9 Å². The molecule has 1 unspecified atom stereocenters. The Kier molecular flexibility index (Phi) is 6.33. The Morgan fingerprint density at radius 3 is 2.27 bits per heavy atom. The van der Waals surface area contributed by atoms with E-state index in [4.69, 9.17) is 5.14 Å². The smallest absolute Gasteiger partial charge is 0.270 e. The summed E-state index contributed by atoms with van der Waals surface area (Å²) < 4.78 is 50.0. The molecule has 13 heteroatoms. The molecular formula is C20H22N4O7S2. The zero-order chi connectivity index (χ0) is 24.7. The number of nitrogens with one attached hydrogen (secondary N) is 2. The Hall–Kier alpha value is -3.29. The van der Waals surface area contributed by atoms with Crippen molar-refractivity contribution in [2.75, 3.05) is 5.75 Å². The number of aryl methyl sites for hydroxylation is 2. The number of benzene rings is 2. The maximum absolute atomic E-state index is 13.6. The maximum atomic E-state index is 13.6. The summed E-state index contributed by atoms with van der Waals surface area (Å²) in [5.41, 5.74) is 0.811. The van der Waals surface area contributed by atoms with Crippen molar-refractivity contribution in [1.29, 1.82) is 0 Å². The van der Waals surface area contributed by atoms with Crippen LogP contribution in [0, 0.1) is 24.0 Å². The maximum Gasteiger partial charge on any atom is 0.270 e. The molecule has 0 fully saturated rings. The van der Waals surface area contributed by atoms with Crippen molar-refractivity contribution in [3.63, 3.8) is 0 Å². The third-order valence-electron chi connectivity index (χ3n) is 4.81. The summed E-state index contributed by atoms with van der Waals surface area (Å²) in [4.78, 5) is 25.8. The highest BCUT2D eigenvalue weighted by atomic mass is 32.2. The van der Waals surface area contributed by atoms with Crippen LogP contribution in [0.2, 0.25) is 0 Å². The van der Waals surface area contributed by atoms with Gasteiger partial charge in [0.05, 0.1) is 15.6 Å². The molecule has 0 spiro atoms. The largest absolute Gasteiger partial charge is 0.349 e. The highest BCUT2D eigenvalue weighted by Gasteiger charge is 2.31. The molecule has 1 aromatic heterocycles. The summed E-state index contributed by atoms with van der Waals surface area (Å²) in [5, 5.41) is 18.7. The van der Waals surface area contributed by atoms with E-state index < -0.39 is 47.4 Å². The van der Waals surface area contributed by atoms with E-state index in [-0.39, 0.29) is 27.2 Å². The number of nitro benzene ring substituents is 1. The zero-order valence-electron chi connectivity index (χ0n) is 17.9. The molecule has 3 rings (SSSR count). The fraction of sp³-hybridized carbons (Fsp3) is 0.250. The Morgan fingerprint density at radius 2 is 1.73 bits per heavy atom. The van der Waals surface area contributed by atoms with Gasteiger partial charge in [0.2, 0.25) is 19.9 Å². The molecule has 33 heavy (non-hydrogen) atoms. The van der Waals surface area contributed by atoms with Crippen molar-refractivity contribution in [2.45, 2.75) is 36.6 Å². The van der Waals surface area contributed by atoms with Gasteiger partial charge in [-0.2, -0.15) is 0 Å². The fourth-order valence-electron chi connectivity index (χ4n) is 3.60. The van der Waals surface area contributed by atoms with E-state index >= 15 is 0 Å². The first-order chi connectivity index (χ1) is 15.2. The average Bonchev–Trinajstić information content (AvgIpc) is 3.05. The molecule has 0 radical (unpaired) electrons. The summed E-state index contributed by atoms with van der Waals surface area (Å²) in [6, 6.07) is 7.28. The van der Waals surface area contributed by atoms with Gasteiger partial charge in [0.1, 0.15) is 10.6 Å². The number of nitrogens with two attached hydrogens (primary N) is 1. The van der Waals surface area contributed by atoms with E-state index in [1.165, 1.54) is 31.2 Å².